The lowest BCUT2D eigenvalue weighted by Crippen LogP contribution is -2.35. The molecule has 0 saturated carbocycles. The highest BCUT2D eigenvalue weighted by Crippen LogP contribution is 2.17. The first-order valence-electron chi connectivity index (χ1n) is 8.05. The van der Waals surface area contributed by atoms with Crippen LogP contribution in [0.4, 0.5) is 5.82 Å². The number of nitrogens with one attached hydrogen (secondary N) is 1. The van der Waals surface area contributed by atoms with Crippen LogP contribution in [-0.4, -0.2) is 49.2 Å². The summed E-state index contributed by atoms with van der Waals surface area (Å²) in [4.78, 5) is 10.8. The summed E-state index contributed by atoms with van der Waals surface area (Å²) >= 11 is 1.94. The maximum absolute atomic E-state index is 4.69. The van der Waals surface area contributed by atoms with E-state index in [4.69, 9.17) is 0 Å². The van der Waals surface area contributed by atoms with E-state index >= 15 is 0 Å². The van der Waals surface area contributed by atoms with Gasteiger partial charge in [0.05, 0.1) is 30.7 Å². The van der Waals surface area contributed by atoms with Gasteiger partial charge in [-0.05, 0) is 25.3 Å². The fourth-order valence-electron chi connectivity index (χ4n) is 2.71. The lowest BCUT2D eigenvalue weighted by Gasteiger charge is -2.28. The fraction of sp³-hybridized carbons (Fsp3) is 0.562. The molecule has 1 aliphatic rings. The number of anilines is 1. The summed E-state index contributed by atoms with van der Waals surface area (Å²) in [6.45, 7) is 7.22. The van der Waals surface area contributed by atoms with Gasteiger partial charge in [-0.2, -0.15) is 16.9 Å². The van der Waals surface area contributed by atoms with E-state index in [9.17, 15) is 0 Å². The second kappa shape index (κ2) is 7.79. The van der Waals surface area contributed by atoms with Gasteiger partial charge in [-0.15, -0.1) is 0 Å². The van der Waals surface area contributed by atoms with Gasteiger partial charge in [0.1, 0.15) is 5.82 Å². The molecule has 7 heteroatoms. The second-order valence-electron chi connectivity index (χ2n) is 5.91. The van der Waals surface area contributed by atoms with E-state index in [2.05, 4.69) is 49.2 Å². The molecular weight excluding hydrogens is 308 g/mol. The van der Waals surface area contributed by atoms with Gasteiger partial charge in [-0.3, -0.25) is 14.6 Å². The van der Waals surface area contributed by atoms with E-state index in [1.54, 1.807) is 18.6 Å². The van der Waals surface area contributed by atoms with E-state index in [1.807, 2.05) is 11.8 Å². The lowest BCUT2D eigenvalue weighted by atomic mass is 10.2. The minimum atomic E-state index is 0.683. The van der Waals surface area contributed by atoms with E-state index in [0.717, 1.165) is 36.4 Å². The van der Waals surface area contributed by atoms with Crippen LogP contribution in [0.2, 0.25) is 0 Å². The molecule has 0 unspecified atom stereocenters. The Morgan fingerprint density at radius 2 is 2.26 bits per heavy atom. The van der Waals surface area contributed by atoms with Crippen LogP contribution in [0.15, 0.2) is 24.7 Å². The minimum Gasteiger partial charge on any atom is -0.363 e. The first kappa shape index (κ1) is 16.3. The van der Waals surface area contributed by atoms with Crippen LogP contribution < -0.4 is 5.32 Å². The molecule has 1 aliphatic heterocycles. The molecule has 23 heavy (non-hydrogen) atoms. The highest BCUT2D eigenvalue weighted by Gasteiger charge is 2.18. The number of hydrogen-bond donors (Lipinski definition) is 1. The molecule has 0 radical (unpaired) electrons. The first-order chi connectivity index (χ1) is 11.2. The zero-order valence-corrected chi connectivity index (χ0v) is 14.6. The molecule has 1 atom stereocenters. The number of hydrogen-bond acceptors (Lipinski definition) is 6. The molecule has 0 fully saturated rings. The molecule has 2 aromatic rings. The maximum Gasteiger partial charge on any atom is 0.144 e. The normalized spacial score (nSPS) is 16.1. The number of nitrogens with zero attached hydrogens (tertiary/aromatic N) is 5. The van der Waals surface area contributed by atoms with Crippen LogP contribution in [0.3, 0.4) is 0 Å². The highest BCUT2D eigenvalue weighted by molar-refractivity contribution is 7.99. The van der Waals surface area contributed by atoms with Crippen LogP contribution in [0.25, 0.3) is 0 Å². The molecule has 1 N–H and O–H groups in total. The third-order valence-electron chi connectivity index (χ3n) is 4.20. The third-order valence-corrected chi connectivity index (χ3v) is 5.24. The molecule has 0 amide bonds. The maximum atomic E-state index is 4.69. The van der Waals surface area contributed by atoms with Crippen LogP contribution in [0.5, 0.6) is 0 Å². The average molecular weight is 332 g/mol. The van der Waals surface area contributed by atoms with Gasteiger partial charge < -0.3 is 5.32 Å². The molecule has 0 saturated heterocycles. The Hall–Kier alpha value is -1.60. The summed E-state index contributed by atoms with van der Waals surface area (Å²) in [6.07, 6.45) is 8.52. The monoisotopic (exact) mass is 332 g/mol. The molecule has 3 rings (SSSR count). The predicted octanol–water partition coefficient (Wildman–Crippen LogP) is 2.24. The Bertz CT molecular complexity index is 614. The molecule has 2 aromatic heterocycles. The van der Waals surface area contributed by atoms with Gasteiger partial charge in [-0.25, -0.2) is 4.98 Å². The Morgan fingerprint density at radius 1 is 1.35 bits per heavy atom. The molecule has 0 spiro atoms. The number of fused-ring (bicyclic) bond motifs is 1. The average Bonchev–Trinajstić information content (AvgIpc) is 3.01. The Balaban J connectivity index is 1.54. The summed E-state index contributed by atoms with van der Waals surface area (Å²) in [6, 6.07) is 2.20. The van der Waals surface area contributed by atoms with Gasteiger partial charge in [0, 0.05) is 30.7 Å². The van der Waals surface area contributed by atoms with Crippen LogP contribution in [0.1, 0.15) is 24.7 Å². The van der Waals surface area contributed by atoms with Crippen LogP contribution in [-0.2, 0) is 19.6 Å². The fourth-order valence-corrected chi connectivity index (χ4v) is 3.05. The summed E-state index contributed by atoms with van der Waals surface area (Å²) in [5.74, 6) is 0.783. The molecule has 3 heterocycles. The first-order valence-corrected chi connectivity index (χ1v) is 9.34. The summed E-state index contributed by atoms with van der Waals surface area (Å²) in [7, 11) is 0. The van der Waals surface area contributed by atoms with Crippen LogP contribution >= 0.6 is 11.8 Å². The molecule has 6 nitrogen and oxygen atoms in total. The molecule has 0 bridgehead atoms. The Labute approximate surface area is 141 Å². The van der Waals surface area contributed by atoms with Crippen molar-refractivity contribution in [1.82, 2.24) is 24.6 Å². The van der Waals surface area contributed by atoms with Crippen molar-refractivity contribution in [2.45, 2.75) is 38.2 Å². The summed E-state index contributed by atoms with van der Waals surface area (Å²) in [5.41, 5.74) is 2.37. The number of thioether (sulfide) groups is 1. The van der Waals surface area contributed by atoms with Gasteiger partial charge >= 0.3 is 0 Å². The largest absolute Gasteiger partial charge is 0.363 e. The standard InChI is InChI=1S/C16H24N6S/c1-13(23-2)3-6-21-7-8-22-15(12-21)9-14(20-22)10-19-16-11-17-4-5-18-16/h4-5,9,11,13H,3,6-8,10,12H2,1-2H3,(H,18,19)/t13-/m0/s1. The van der Waals surface area contributed by atoms with Crippen molar-refractivity contribution in [3.05, 3.63) is 36.0 Å². The van der Waals surface area contributed by atoms with Crippen molar-refractivity contribution >= 4 is 17.6 Å². The van der Waals surface area contributed by atoms with E-state index in [-0.39, 0.29) is 0 Å². The predicted molar refractivity (Wildman–Crippen MR) is 94.5 cm³/mol. The topological polar surface area (TPSA) is 58.9 Å². The summed E-state index contributed by atoms with van der Waals surface area (Å²) < 4.78 is 2.14. The SMILES string of the molecule is CS[C@@H](C)CCN1CCn2nc(CNc3cnccn3)cc2C1. The van der Waals surface area contributed by atoms with E-state index in [0.29, 0.717) is 6.54 Å². The summed E-state index contributed by atoms with van der Waals surface area (Å²) in [5, 5.41) is 8.68. The zero-order chi connectivity index (χ0) is 16.1. The minimum absolute atomic E-state index is 0.683. The zero-order valence-electron chi connectivity index (χ0n) is 13.8. The van der Waals surface area contributed by atoms with Crippen molar-refractivity contribution < 1.29 is 0 Å². The number of aromatic nitrogens is 4. The second-order valence-corrected chi connectivity index (χ2v) is 7.18. The number of rotatable bonds is 7. The molecular formula is C16H24N6S. The molecule has 0 aliphatic carbocycles. The van der Waals surface area contributed by atoms with Crippen LogP contribution in [0, 0.1) is 0 Å². The Kier molecular flexibility index (Phi) is 5.51. The van der Waals surface area contributed by atoms with E-state index < -0.39 is 0 Å². The van der Waals surface area contributed by atoms with Crippen molar-refractivity contribution in [2.24, 2.45) is 0 Å². The smallest absolute Gasteiger partial charge is 0.144 e. The molecule has 0 aromatic carbocycles. The van der Waals surface area contributed by atoms with Gasteiger partial charge in [0.2, 0.25) is 0 Å². The van der Waals surface area contributed by atoms with Gasteiger partial charge in [0.25, 0.3) is 0 Å². The highest BCUT2D eigenvalue weighted by atomic mass is 32.2. The quantitative estimate of drug-likeness (QED) is 0.839. The van der Waals surface area contributed by atoms with Gasteiger partial charge in [0.15, 0.2) is 0 Å². The van der Waals surface area contributed by atoms with Crippen molar-refractivity contribution in [3.8, 4) is 0 Å². The van der Waals surface area contributed by atoms with Crippen molar-refractivity contribution in [3.63, 3.8) is 0 Å². The van der Waals surface area contributed by atoms with Crippen molar-refractivity contribution in [1.29, 1.82) is 0 Å². The van der Waals surface area contributed by atoms with Gasteiger partial charge in [-0.1, -0.05) is 6.92 Å². The third kappa shape index (κ3) is 4.45. The van der Waals surface area contributed by atoms with Crippen molar-refractivity contribution in [2.75, 3.05) is 24.7 Å². The van der Waals surface area contributed by atoms with E-state index in [1.165, 1.54) is 18.7 Å². The Morgan fingerprint density at radius 3 is 3.04 bits per heavy atom. The lowest BCUT2D eigenvalue weighted by molar-refractivity contribution is 0.211. The molecule has 124 valence electrons.